The quantitative estimate of drug-likeness (QED) is 0.222. The second kappa shape index (κ2) is 14.5. The lowest BCUT2D eigenvalue weighted by Gasteiger charge is -2.25. The number of para-hydroxylation sites is 1. The van der Waals surface area contributed by atoms with Crippen LogP contribution in [-0.4, -0.2) is 59.7 Å². The van der Waals surface area contributed by atoms with Gasteiger partial charge in [-0.05, 0) is 43.2 Å². The highest BCUT2D eigenvalue weighted by molar-refractivity contribution is 7.09. The normalized spacial score (nSPS) is 12.4. The van der Waals surface area contributed by atoms with Crippen molar-refractivity contribution in [3.05, 3.63) is 117 Å². The van der Waals surface area contributed by atoms with Crippen molar-refractivity contribution in [2.45, 2.75) is 38.6 Å². The number of benzene rings is 3. The SMILES string of the molecule is COc1ccccc1CNC[C@@H](O)[C@H](Cc1ccccc1)NC(=O)c1cccc(C(=O)N(C)Cc2nc(C)cs2)c1. The summed E-state index contributed by atoms with van der Waals surface area (Å²) in [5, 5.41) is 20.2. The number of carbonyl (C=O) groups excluding carboxylic acids is 2. The fraction of sp³-hybridized carbons (Fsp3) is 0.281. The maximum Gasteiger partial charge on any atom is 0.253 e. The molecule has 9 heteroatoms. The molecule has 8 nitrogen and oxygen atoms in total. The Morgan fingerprint density at radius 3 is 2.49 bits per heavy atom. The Labute approximate surface area is 245 Å². The number of aryl methyl sites for hydroxylation is 1. The predicted molar refractivity (Wildman–Crippen MR) is 161 cm³/mol. The summed E-state index contributed by atoms with van der Waals surface area (Å²) in [7, 11) is 3.34. The van der Waals surface area contributed by atoms with Gasteiger partial charge in [-0.2, -0.15) is 0 Å². The van der Waals surface area contributed by atoms with Crippen LogP contribution in [0.25, 0.3) is 0 Å². The number of nitrogens with one attached hydrogen (secondary N) is 2. The van der Waals surface area contributed by atoms with E-state index in [1.54, 1.807) is 43.3 Å². The third-order valence-electron chi connectivity index (χ3n) is 6.70. The Morgan fingerprint density at radius 2 is 1.76 bits per heavy atom. The van der Waals surface area contributed by atoms with E-state index in [-0.39, 0.29) is 18.4 Å². The summed E-state index contributed by atoms with van der Waals surface area (Å²) in [6.45, 7) is 3.07. The van der Waals surface area contributed by atoms with Gasteiger partial charge in [0.2, 0.25) is 0 Å². The lowest BCUT2D eigenvalue weighted by atomic mass is 10.00. The molecule has 1 aromatic heterocycles. The first-order valence-electron chi connectivity index (χ1n) is 13.5. The number of methoxy groups -OCH3 is 1. The summed E-state index contributed by atoms with van der Waals surface area (Å²) < 4.78 is 5.41. The zero-order valence-electron chi connectivity index (χ0n) is 23.5. The highest BCUT2D eigenvalue weighted by Crippen LogP contribution is 2.17. The summed E-state index contributed by atoms with van der Waals surface area (Å²) in [5.41, 5.74) is 3.65. The number of aliphatic hydroxyl groups is 1. The van der Waals surface area contributed by atoms with Crippen LogP contribution < -0.4 is 15.4 Å². The van der Waals surface area contributed by atoms with Crippen LogP contribution in [0.2, 0.25) is 0 Å². The molecule has 0 aliphatic heterocycles. The highest BCUT2D eigenvalue weighted by Gasteiger charge is 2.23. The van der Waals surface area contributed by atoms with Crippen LogP contribution in [-0.2, 0) is 19.5 Å². The molecule has 0 aliphatic carbocycles. The predicted octanol–water partition coefficient (Wildman–Crippen LogP) is 4.22. The average Bonchev–Trinajstić information content (AvgIpc) is 3.41. The third kappa shape index (κ3) is 8.47. The zero-order chi connectivity index (χ0) is 29.2. The largest absolute Gasteiger partial charge is 0.496 e. The average molecular weight is 573 g/mol. The molecule has 0 radical (unpaired) electrons. The van der Waals surface area contributed by atoms with Crippen LogP contribution in [0, 0.1) is 6.92 Å². The van der Waals surface area contributed by atoms with Crippen molar-refractivity contribution in [3.63, 3.8) is 0 Å². The summed E-state index contributed by atoms with van der Waals surface area (Å²) in [6.07, 6.45) is -0.426. The van der Waals surface area contributed by atoms with E-state index in [9.17, 15) is 14.7 Å². The molecule has 0 spiro atoms. The van der Waals surface area contributed by atoms with Gasteiger partial charge >= 0.3 is 0 Å². The summed E-state index contributed by atoms with van der Waals surface area (Å²) in [6, 6.07) is 23.5. The van der Waals surface area contributed by atoms with Crippen molar-refractivity contribution < 1.29 is 19.4 Å². The monoisotopic (exact) mass is 572 g/mol. The number of aliphatic hydroxyl groups excluding tert-OH is 1. The minimum absolute atomic E-state index is 0.200. The number of carbonyl (C=O) groups is 2. The van der Waals surface area contributed by atoms with Gasteiger partial charge in [-0.1, -0.05) is 54.6 Å². The van der Waals surface area contributed by atoms with Gasteiger partial charge in [0, 0.05) is 47.9 Å². The van der Waals surface area contributed by atoms with Crippen molar-refractivity contribution >= 4 is 23.2 Å². The molecular formula is C32H36N4O4S. The number of hydrogen-bond acceptors (Lipinski definition) is 7. The highest BCUT2D eigenvalue weighted by atomic mass is 32.1. The zero-order valence-corrected chi connectivity index (χ0v) is 24.4. The Bertz CT molecular complexity index is 1440. The first-order chi connectivity index (χ1) is 19.8. The molecule has 214 valence electrons. The fourth-order valence-corrected chi connectivity index (χ4v) is 5.34. The molecule has 3 N–H and O–H groups in total. The van der Waals surface area contributed by atoms with Gasteiger partial charge in [0.15, 0.2) is 0 Å². The minimum atomic E-state index is -0.869. The molecular weight excluding hydrogens is 536 g/mol. The van der Waals surface area contributed by atoms with E-state index >= 15 is 0 Å². The lowest BCUT2D eigenvalue weighted by Crippen LogP contribution is -2.48. The van der Waals surface area contributed by atoms with E-state index < -0.39 is 12.1 Å². The Hall–Kier alpha value is -4.05. The fourth-order valence-electron chi connectivity index (χ4n) is 4.51. The van der Waals surface area contributed by atoms with E-state index in [1.807, 2.05) is 66.9 Å². The van der Waals surface area contributed by atoms with Gasteiger partial charge < -0.3 is 25.4 Å². The molecule has 0 bridgehead atoms. The second-order valence-corrected chi connectivity index (χ2v) is 10.8. The summed E-state index contributed by atoms with van der Waals surface area (Å²) in [4.78, 5) is 32.5. The summed E-state index contributed by atoms with van der Waals surface area (Å²) in [5.74, 6) is 0.210. The van der Waals surface area contributed by atoms with Crippen LogP contribution in [0.3, 0.4) is 0 Å². The number of hydrogen-bond donors (Lipinski definition) is 3. The van der Waals surface area contributed by atoms with Gasteiger partial charge in [0.05, 0.1) is 25.8 Å². The maximum absolute atomic E-state index is 13.4. The Morgan fingerprint density at radius 1 is 1.02 bits per heavy atom. The van der Waals surface area contributed by atoms with Crippen molar-refractivity contribution in [1.29, 1.82) is 0 Å². The van der Waals surface area contributed by atoms with E-state index in [1.165, 1.54) is 11.3 Å². The second-order valence-electron chi connectivity index (χ2n) is 9.90. The van der Waals surface area contributed by atoms with Crippen LogP contribution in [0.5, 0.6) is 5.75 Å². The van der Waals surface area contributed by atoms with Crippen molar-refractivity contribution in [2.24, 2.45) is 0 Å². The first-order valence-corrected chi connectivity index (χ1v) is 14.3. The van der Waals surface area contributed by atoms with E-state index in [4.69, 9.17) is 4.74 Å². The van der Waals surface area contributed by atoms with Crippen molar-refractivity contribution in [2.75, 3.05) is 20.7 Å². The summed E-state index contributed by atoms with van der Waals surface area (Å²) >= 11 is 1.51. The van der Waals surface area contributed by atoms with Gasteiger partial charge in [0.25, 0.3) is 11.8 Å². The smallest absolute Gasteiger partial charge is 0.253 e. The number of aromatic nitrogens is 1. The van der Waals surface area contributed by atoms with Gasteiger partial charge in [-0.25, -0.2) is 4.98 Å². The number of amides is 2. The van der Waals surface area contributed by atoms with Crippen LogP contribution >= 0.6 is 11.3 Å². The van der Waals surface area contributed by atoms with Crippen LogP contribution in [0.1, 0.15) is 42.5 Å². The van der Waals surface area contributed by atoms with Crippen LogP contribution in [0.4, 0.5) is 0 Å². The Kier molecular flexibility index (Phi) is 10.6. The standard InChI is InChI=1S/C32H36N4O4S/c1-22-21-41-30(34-22)20-36(2)32(39)25-14-9-13-24(17-25)31(38)35-27(16-23-10-5-4-6-11-23)28(37)19-33-18-26-12-7-8-15-29(26)40-3/h4-15,17,21,27-28,33,37H,16,18-20H2,1-3H3,(H,35,38)/t27-,28+/m0/s1. The maximum atomic E-state index is 13.4. The number of ether oxygens (including phenoxy) is 1. The molecule has 0 saturated heterocycles. The van der Waals surface area contributed by atoms with Gasteiger partial charge in [0.1, 0.15) is 10.8 Å². The van der Waals surface area contributed by atoms with Gasteiger partial charge in [-0.15, -0.1) is 11.3 Å². The van der Waals surface area contributed by atoms with Crippen LogP contribution in [0.15, 0.2) is 84.2 Å². The first kappa shape index (κ1) is 29.9. The number of thiazole rings is 1. The van der Waals surface area contributed by atoms with E-state index in [2.05, 4.69) is 15.6 Å². The number of rotatable bonds is 13. The molecule has 2 atom stereocenters. The van der Waals surface area contributed by atoms with Gasteiger partial charge in [-0.3, -0.25) is 9.59 Å². The molecule has 4 aromatic rings. The Balaban J connectivity index is 1.43. The van der Waals surface area contributed by atoms with E-state index in [0.29, 0.717) is 30.6 Å². The molecule has 0 fully saturated rings. The molecule has 4 rings (SSSR count). The molecule has 0 unspecified atom stereocenters. The molecule has 2 amide bonds. The molecule has 3 aromatic carbocycles. The molecule has 1 heterocycles. The minimum Gasteiger partial charge on any atom is -0.496 e. The van der Waals surface area contributed by atoms with E-state index in [0.717, 1.165) is 27.6 Å². The van der Waals surface area contributed by atoms with Crippen molar-refractivity contribution in [1.82, 2.24) is 20.5 Å². The third-order valence-corrected chi connectivity index (χ3v) is 7.65. The molecule has 0 saturated carbocycles. The van der Waals surface area contributed by atoms with Crippen molar-refractivity contribution in [3.8, 4) is 5.75 Å². The molecule has 0 aliphatic rings. The lowest BCUT2D eigenvalue weighted by molar-refractivity contribution is 0.0784. The topological polar surface area (TPSA) is 104 Å². The molecule has 41 heavy (non-hydrogen) atoms. The number of nitrogens with zero attached hydrogens (tertiary/aromatic N) is 2.